The molecule has 36 heavy (non-hydrogen) atoms. The van der Waals surface area contributed by atoms with Crippen LogP contribution >= 0.6 is 11.3 Å². The van der Waals surface area contributed by atoms with Crippen LogP contribution in [0.3, 0.4) is 0 Å². The molecule has 4 N–H and O–H groups in total. The number of hydrogen-bond donors (Lipinski definition) is 3. The summed E-state index contributed by atoms with van der Waals surface area (Å²) in [6, 6.07) is 21.3. The number of amides is 1. The van der Waals surface area contributed by atoms with Gasteiger partial charge in [-0.15, -0.1) is 11.3 Å². The Morgan fingerprint density at radius 3 is 2.53 bits per heavy atom. The van der Waals surface area contributed by atoms with Crippen molar-refractivity contribution in [2.45, 2.75) is 13.5 Å². The minimum Gasteiger partial charge on any atom is -0.465 e. The van der Waals surface area contributed by atoms with E-state index >= 15 is 0 Å². The van der Waals surface area contributed by atoms with Gasteiger partial charge in [-0.3, -0.25) is 15.1 Å². The fraction of sp³-hybridized carbons (Fsp3) is 0.154. The molecule has 4 rings (SSSR count). The summed E-state index contributed by atoms with van der Waals surface area (Å²) >= 11 is 1.53. The van der Waals surface area contributed by atoms with Crippen molar-refractivity contribution in [1.29, 1.82) is 5.41 Å². The van der Waals surface area contributed by atoms with E-state index in [0.717, 1.165) is 15.4 Å². The first kappa shape index (κ1) is 24.7. The Bertz CT molecular complexity index is 1370. The zero-order chi connectivity index (χ0) is 25.5. The second kappa shape index (κ2) is 11.3. The number of carbonyl (C=O) groups excluding carboxylic acids is 2. The van der Waals surface area contributed by atoms with E-state index < -0.39 is 12.1 Å². The molecule has 0 unspecified atom stereocenters. The predicted molar refractivity (Wildman–Crippen MR) is 141 cm³/mol. The molecule has 184 valence electrons. The Hall–Kier alpha value is -4.44. The summed E-state index contributed by atoms with van der Waals surface area (Å²) in [6.07, 6.45) is -0.695. The number of anilines is 2. The second-order valence-corrected chi connectivity index (χ2v) is 8.79. The maximum Gasteiger partial charge on any atom is 0.420 e. The van der Waals surface area contributed by atoms with Crippen LogP contribution < -0.4 is 20.7 Å². The molecule has 0 bridgehead atoms. The highest BCUT2D eigenvalue weighted by atomic mass is 32.1. The van der Waals surface area contributed by atoms with E-state index in [1.807, 2.05) is 24.3 Å². The van der Waals surface area contributed by atoms with E-state index in [4.69, 9.17) is 20.6 Å². The lowest BCUT2D eigenvalue weighted by Crippen LogP contribution is -2.38. The zero-order valence-corrected chi connectivity index (χ0v) is 20.4. The normalized spacial score (nSPS) is 10.6. The minimum atomic E-state index is -0.695. The van der Waals surface area contributed by atoms with E-state index in [2.05, 4.69) is 10.3 Å². The Labute approximate surface area is 212 Å². The van der Waals surface area contributed by atoms with Gasteiger partial charge in [0.2, 0.25) is 0 Å². The molecule has 1 aromatic heterocycles. The lowest BCUT2D eigenvalue weighted by molar-refractivity contribution is -0.141. The molecular formula is C26H25N5O4S. The largest absolute Gasteiger partial charge is 0.465 e. The number of carbonyl (C=O) groups is 2. The Kier molecular flexibility index (Phi) is 7.76. The van der Waals surface area contributed by atoms with Crippen LogP contribution in [0.15, 0.2) is 72.8 Å². The molecule has 9 nitrogen and oxygen atoms in total. The standard InChI is InChI=1S/C26H25N5O4S/c1-2-34-24(32)16-31(19-6-4-3-5-7-19)26(33)35-20-12-13-22-21(14-20)30-23(36-22)15-29-18-10-8-17(9-11-18)25(27)28/h3-14,29H,2,15-16H2,1H3,(H3,27,28). The highest BCUT2D eigenvalue weighted by Gasteiger charge is 2.22. The molecule has 0 radical (unpaired) electrons. The SMILES string of the molecule is CCOC(=O)CN(C(=O)Oc1ccc2sc(CNc3ccc(C(=N)N)cc3)nc2c1)c1ccccc1. The molecule has 0 saturated carbocycles. The molecule has 0 saturated heterocycles. The summed E-state index contributed by atoms with van der Waals surface area (Å²) in [5.74, 6) is -0.180. The van der Waals surface area contributed by atoms with Crippen LogP contribution in [-0.2, 0) is 16.1 Å². The van der Waals surface area contributed by atoms with E-state index in [0.29, 0.717) is 29.1 Å². The van der Waals surface area contributed by atoms with Crippen molar-refractivity contribution >= 4 is 50.8 Å². The first-order valence-corrected chi connectivity index (χ1v) is 12.0. The van der Waals surface area contributed by atoms with Gasteiger partial charge >= 0.3 is 12.1 Å². The van der Waals surface area contributed by atoms with E-state index in [9.17, 15) is 9.59 Å². The maximum absolute atomic E-state index is 13.0. The number of esters is 1. The lowest BCUT2D eigenvalue weighted by Gasteiger charge is -2.21. The number of nitrogens with zero attached hydrogens (tertiary/aromatic N) is 2. The Morgan fingerprint density at radius 1 is 1.08 bits per heavy atom. The number of nitrogens with one attached hydrogen (secondary N) is 2. The fourth-order valence-corrected chi connectivity index (χ4v) is 4.29. The quantitative estimate of drug-likeness (QED) is 0.170. The Morgan fingerprint density at radius 2 is 1.83 bits per heavy atom. The van der Waals surface area contributed by atoms with Crippen molar-refractivity contribution in [3.63, 3.8) is 0 Å². The van der Waals surface area contributed by atoms with Gasteiger partial charge in [-0.25, -0.2) is 9.78 Å². The number of benzene rings is 3. The summed E-state index contributed by atoms with van der Waals surface area (Å²) in [6.45, 7) is 2.17. The number of hydrogen-bond acceptors (Lipinski definition) is 8. The Balaban J connectivity index is 1.45. The van der Waals surface area contributed by atoms with Crippen molar-refractivity contribution in [3.05, 3.63) is 83.4 Å². The molecule has 1 heterocycles. The monoisotopic (exact) mass is 503 g/mol. The lowest BCUT2D eigenvalue weighted by atomic mass is 10.2. The number of aromatic nitrogens is 1. The summed E-state index contributed by atoms with van der Waals surface area (Å²) in [7, 11) is 0. The molecule has 10 heteroatoms. The van der Waals surface area contributed by atoms with Crippen molar-refractivity contribution < 1.29 is 19.1 Å². The molecule has 0 fully saturated rings. The van der Waals surface area contributed by atoms with Crippen LogP contribution in [0.4, 0.5) is 16.2 Å². The number of rotatable bonds is 9. The van der Waals surface area contributed by atoms with Gasteiger partial charge in [0.05, 0.1) is 23.4 Å². The molecule has 0 aliphatic heterocycles. The smallest absolute Gasteiger partial charge is 0.420 e. The third kappa shape index (κ3) is 6.16. The molecule has 1 amide bonds. The fourth-order valence-electron chi connectivity index (χ4n) is 3.40. The van der Waals surface area contributed by atoms with Crippen LogP contribution in [0.25, 0.3) is 10.2 Å². The minimum absolute atomic E-state index is 0.0250. The molecule has 4 aromatic rings. The summed E-state index contributed by atoms with van der Waals surface area (Å²) in [5.41, 5.74) is 8.26. The van der Waals surface area contributed by atoms with Gasteiger partial charge in [-0.1, -0.05) is 18.2 Å². The summed E-state index contributed by atoms with van der Waals surface area (Å²) in [5, 5.41) is 11.6. The number of fused-ring (bicyclic) bond motifs is 1. The molecule has 0 aliphatic rings. The van der Waals surface area contributed by atoms with Crippen molar-refractivity contribution in [2.24, 2.45) is 5.73 Å². The zero-order valence-electron chi connectivity index (χ0n) is 19.6. The van der Waals surface area contributed by atoms with Crippen LogP contribution in [0.1, 0.15) is 17.5 Å². The predicted octanol–water partition coefficient (Wildman–Crippen LogP) is 4.76. The molecular weight excluding hydrogens is 478 g/mol. The highest BCUT2D eigenvalue weighted by Crippen LogP contribution is 2.27. The molecule has 0 aliphatic carbocycles. The topological polar surface area (TPSA) is 131 Å². The van der Waals surface area contributed by atoms with Crippen LogP contribution in [0.2, 0.25) is 0 Å². The molecule has 3 aromatic carbocycles. The van der Waals surface area contributed by atoms with Crippen LogP contribution in [0.5, 0.6) is 5.75 Å². The number of amidine groups is 1. The first-order chi connectivity index (χ1) is 17.4. The van der Waals surface area contributed by atoms with Gasteiger partial charge in [-0.05, 0) is 55.5 Å². The average Bonchev–Trinajstić information content (AvgIpc) is 3.29. The number of thiazole rings is 1. The highest BCUT2D eigenvalue weighted by molar-refractivity contribution is 7.18. The first-order valence-electron chi connectivity index (χ1n) is 11.2. The average molecular weight is 504 g/mol. The van der Waals surface area contributed by atoms with E-state index in [1.54, 1.807) is 55.5 Å². The van der Waals surface area contributed by atoms with E-state index in [-0.39, 0.29) is 19.0 Å². The third-order valence-corrected chi connectivity index (χ3v) is 6.17. The van der Waals surface area contributed by atoms with Crippen LogP contribution in [0, 0.1) is 5.41 Å². The number of nitrogens with two attached hydrogens (primary N) is 1. The van der Waals surface area contributed by atoms with Gasteiger partial charge in [0, 0.05) is 23.0 Å². The summed E-state index contributed by atoms with van der Waals surface area (Å²) in [4.78, 5) is 30.9. The van der Waals surface area contributed by atoms with Gasteiger partial charge in [0.15, 0.2) is 0 Å². The molecule has 0 spiro atoms. The van der Waals surface area contributed by atoms with Gasteiger partial charge < -0.3 is 20.5 Å². The van der Waals surface area contributed by atoms with Crippen LogP contribution in [-0.4, -0.2) is 36.0 Å². The maximum atomic E-state index is 13.0. The van der Waals surface area contributed by atoms with Gasteiger partial charge in [0.25, 0.3) is 0 Å². The number of para-hydroxylation sites is 1. The summed E-state index contributed by atoms with van der Waals surface area (Å²) < 4.78 is 11.5. The van der Waals surface area contributed by atoms with Crippen molar-refractivity contribution in [2.75, 3.05) is 23.4 Å². The van der Waals surface area contributed by atoms with Gasteiger partial charge in [0.1, 0.15) is 23.1 Å². The third-order valence-electron chi connectivity index (χ3n) is 5.13. The van der Waals surface area contributed by atoms with Crippen molar-refractivity contribution in [1.82, 2.24) is 4.98 Å². The second-order valence-electron chi connectivity index (χ2n) is 7.68. The number of nitrogen functional groups attached to an aromatic ring is 1. The van der Waals surface area contributed by atoms with E-state index in [1.165, 1.54) is 16.2 Å². The van der Waals surface area contributed by atoms with Gasteiger partial charge in [-0.2, -0.15) is 0 Å². The molecule has 0 atom stereocenters. The number of ether oxygens (including phenoxy) is 2. The van der Waals surface area contributed by atoms with Crippen molar-refractivity contribution in [3.8, 4) is 5.75 Å².